The second-order valence-corrected chi connectivity index (χ2v) is 6.47. The molecule has 0 saturated heterocycles. The summed E-state index contributed by atoms with van der Waals surface area (Å²) >= 11 is 8.38. The van der Waals surface area contributed by atoms with Gasteiger partial charge in [0.05, 0.1) is 18.7 Å². The highest BCUT2D eigenvalue weighted by atomic mass is 79.9. The van der Waals surface area contributed by atoms with Gasteiger partial charge in [0.2, 0.25) is 0 Å². The Morgan fingerprint density at radius 1 is 0.933 bits per heavy atom. The maximum absolute atomic E-state index is 8.88. The highest BCUT2D eigenvalue weighted by Gasteiger charge is 2.11. The summed E-state index contributed by atoms with van der Waals surface area (Å²) in [6, 6.07) is 7.51. The van der Waals surface area contributed by atoms with Crippen molar-refractivity contribution in [3.63, 3.8) is 0 Å². The third kappa shape index (κ3) is 1.68. The van der Waals surface area contributed by atoms with Crippen LogP contribution in [0.2, 0.25) is 0 Å². The summed E-state index contributed by atoms with van der Waals surface area (Å²) in [6.07, 6.45) is 0. The molecule has 5 heteroatoms. The normalized spacial score (nSPS) is 9.87. The lowest BCUT2D eigenvalue weighted by Gasteiger charge is -1.96. The van der Waals surface area contributed by atoms with Gasteiger partial charge in [-0.2, -0.15) is 10.5 Å². The minimum atomic E-state index is 0.413. The molecule has 2 rings (SSSR count). The van der Waals surface area contributed by atoms with Crippen molar-refractivity contribution >= 4 is 54.0 Å². The Morgan fingerprint density at radius 3 is 1.67 bits per heavy atom. The van der Waals surface area contributed by atoms with E-state index in [-0.39, 0.29) is 0 Å². The minimum Gasteiger partial charge on any atom is -0.192 e. The predicted molar refractivity (Wildman–Crippen MR) is 66.7 cm³/mol. The highest BCUT2D eigenvalue weighted by molar-refractivity contribution is 9.12. The van der Waals surface area contributed by atoms with Gasteiger partial charge in [-0.15, -0.1) is 11.3 Å². The Balaban J connectivity index is 2.93. The average Bonchev–Trinajstić information content (AvgIpc) is 2.52. The SMILES string of the molecule is N#Cc1cc2c(Br)sc(Br)c2cc1C#N. The monoisotopic (exact) mass is 340 g/mol. The Kier molecular flexibility index (Phi) is 2.79. The van der Waals surface area contributed by atoms with E-state index in [0.29, 0.717) is 11.1 Å². The molecule has 0 fully saturated rings. The molecule has 0 amide bonds. The first-order chi connectivity index (χ1) is 7.17. The fourth-order valence-electron chi connectivity index (χ4n) is 1.30. The molecule has 2 nitrogen and oxygen atoms in total. The lowest BCUT2D eigenvalue weighted by molar-refractivity contribution is 1.45. The number of fused-ring (bicyclic) bond motifs is 1. The van der Waals surface area contributed by atoms with Gasteiger partial charge in [-0.25, -0.2) is 0 Å². The fourth-order valence-corrected chi connectivity index (χ4v) is 4.29. The van der Waals surface area contributed by atoms with Crippen LogP contribution in [0.4, 0.5) is 0 Å². The molecule has 0 spiro atoms. The number of nitrogens with zero attached hydrogens (tertiary/aromatic N) is 2. The van der Waals surface area contributed by atoms with Gasteiger partial charge in [-0.05, 0) is 44.0 Å². The molecule has 0 saturated carbocycles. The van der Waals surface area contributed by atoms with Gasteiger partial charge < -0.3 is 0 Å². The summed E-state index contributed by atoms with van der Waals surface area (Å²) in [4.78, 5) is 0. The van der Waals surface area contributed by atoms with Crippen LogP contribution in [0.5, 0.6) is 0 Å². The Labute approximate surface area is 107 Å². The third-order valence-electron chi connectivity index (χ3n) is 2.00. The van der Waals surface area contributed by atoms with Crippen LogP contribution in [-0.4, -0.2) is 0 Å². The van der Waals surface area contributed by atoms with Crippen molar-refractivity contribution in [2.75, 3.05) is 0 Å². The quantitative estimate of drug-likeness (QED) is 0.722. The van der Waals surface area contributed by atoms with Crippen molar-refractivity contribution < 1.29 is 0 Å². The van der Waals surface area contributed by atoms with E-state index in [4.69, 9.17) is 10.5 Å². The second kappa shape index (κ2) is 3.94. The van der Waals surface area contributed by atoms with Crippen LogP contribution in [0.1, 0.15) is 11.1 Å². The highest BCUT2D eigenvalue weighted by Crippen LogP contribution is 2.40. The van der Waals surface area contributed by atoms with Crippen molar-refractivity contribution in [3.05, 3.63) is 30.8 Å². The Hall–Kier alpha value is -0.880. The van der Waals surface area contributed by atoms with E-state index in [2.05, 4.69) is 31.9 Å². The topological polar surface area (TPSA) is 47.6 Å². The molecule has 15 heavy (non-hydrogen) atoms. The second-order valence-electron chi connectivity index (χ2n) is 2.82. The molecule has 0 aliphatic heterocycles. The van der Waals surface area contributed by atoms with Gasteiger partial charge >= 0.3 is 0 Å². The van der Waals surface area contributed by atoms with Gasteiger partial charge in [0, 0.05) is 10.8 Å². The van der Waals surface area contributed by atoms with Gasteiger partial charge in [-0.1, -0.05) is 0 Å². The lowest BCUT2D eigenvalue weighted by atomic mass is 10.1. The number of hydrogen-bond acceptors (Lipinski definition) is 3. The third-order valence-corrected chi connectivity index (χ3v) is 4.63. The van der Waals surface area contributed by atoms with Crippen LogP contribution < -0.4 is 0 Å². The number of benzene rings is 1. The van der Waals surface area contributed by atoms with Crippen molar-refractivity contribution in [2.24, 2.45) is 0 Å². The zero-order valence-corrected chi connectivity index (χ0v) is 11.2. The summed E-state index contributed by atoms with van der Waals surface area (Å²) in [6.45, 7) is 0. The van der Waals surface area contributed by atoms with Crippen LogP contribution in [0.3, 0.4) is 0 Å². The zero-order valence-electron chi connectivity index (χ0n) is 7.21. The minimum absolute atomic E-state index is 0.413. The number of nitriles is 2. The molecule has 0 atom stereocenters. The molecule has 0 aliphatic rings. The smallest absolute Gasteiger partial charge is 0.101 e. The van der Waals surface area contributed by atoms with Crippen LogP contribution in [0.15, 0.2) is 19.7 Å². The Bertz CT molecular complexity index is 577. The molecule has 2 aromatic rings. The largest absolute Gasteiger partial charge is 0.192 e. The van der Waals surface area contributed by atoms with Gasteiger partial charge in [0.25, 0.3) is 0 Å². The summed E-state index contributed by atoms with van der Waals surface area (Å²) in [7, 11) is 0. The van der Waals surface area contributed by atoms with E-state index < -0.39 is 0 Å². The van der Waals surface area contributed by atoms with Crippen LogP contribution >= 0.6 is 43.2 Å². The van der Waals surface area contributed by atoms with E-state index in [1.807, 2.05) is 12.1 Å². The molecule has 0 N–H and O–H groups in total. The van der Waals surface area contributed by atoms with Crippen molar-refractivity contribution in [1.29, 1.82) is 10.5 Å². The number of rotatable bonds is 0. The van der Waals surface area contributed by atoms with Crippen molar-refractivity contribution in [2.45, 2.75) is 0 Å². The van der Waals surface area contributed by atoms with E-state index in [9.17, 15) is 0 Å². The first kappa shape index (κ1) is 10.6. The molecule has 1 aromatic carbocycles. The molecule has 0 radical (unpaired) electrons. The summed E-state index contributed by atoms with van der Waals surface area (Å²) in [5.41, 5.74) is 0.826. The number of halogens is 2. The summed E-state index contributed by atoms with van der Waals surface area (Å²) < 4.78 is 1.93. The molecule has 1 heterocycles. The standard InChI is InChI=1S/C10H2Br2N2S/c11-9-7-1-5(3-13)6(4-14)2-8(7)10(12)15-9/h1-2H. The van der Waals surface area contributed by atoms with E-state index in [1.54, 1.807) is 12.1 Å². The first-order valence-corrected chi connectivity index (χ1v) is 6.29. The predicted octanol–water partition coefficient (Wildman–Crippen LogP) is 4.17. The molecule has 1 aromatic heterocycles. The van der Waals surface area contributed by atoms with Gasteiger partial charge in [0.15, 0.2) is 0 Å². The lowest BCUT2D eigenvalue weighted by Crippen LogP contribution is -1.82. The van der Waals surface area contributed by atoms with Crippen molar-refractivity contribution in [1.82, 2.24) is 0 Å². The van der Waals surface area contributed by atoms with Crippen molar-refractivity contribution in [3.8, 4) is 12.1 Å². The molecule has 0 bridgehead atoms. The van der Waals surface area contributed by atoms with Crippen LogP contribution in [0.25, 0.3) is 10.8 Å². The van der Waals surface area contributed by atoms with Gasteiger partial charge in [0.1, 0.15) is 12.1 Å². The first-order valence-electron chi connectivity index (χ1n) is 3.89. The maximum atomic E-state index is 8.88. The van der Waals surface area contributed by atoms with E-state index in [1.165, 1.54) is 11.3 Å². The molecular formula is C10H2Br2N2S. The van der Waals surface area contributed by atoms with Crippen LogP contribution in [-0.2, 0) is 0 Å². The summed E-state index contributed by atoms with van der Waals surface area (Å²) in [5, 5.41) is 19.7. The van der Waals surface area contributed by atoms with E-state index >= 15 is 0 Å². The number of thiophene rings is 1. The Morgan fingerprint density at radius 2 is 1.33 bits per heavy atom. The van der Waals surface area contributed by atoms with E-state index in [0.717, 1.165) is 18.3 Å². The van der Waals surface area contributed by atoms with Crippen LogP contribution in [0, 0.1) is 22.7 Å². The fraction of sp³-hybridized carbons (Fsp3) is 0. The molecule has 0 unspecified atom stereocenters. The van der Waals surface area contributed by atoms with Gasteiger partial charge in [-0.3, -0.25) is 0 Å². The molecular weight excluding hydrogens is 340 g/mol. The molecule has 0 aliphatic carbocycles. The number of hydrogen-bond donors (Lipinski definition) is 0. The average molecular weight is 342 g/mol. The maximum Gasteiger partial charge on any atom is 0.101 e. The molecule has 72 valence electrons. The summed E-state index contributed by atoms with van der Waals surface area (Å²) in [5.74, 6) is 0. The zero-order chi connectivity index (χ0) is 11.0.